The van der Waals surface area contributed by atoms with E-state index >= 15 is 0 Å². The Morgan fingerprint density at radius 1 is 0.909 bits per heavy atom. The minimum atomic E-state index is 0.769. The van der Waals surface area contributed by atoms with E-state index in [9.17, 15) is 0 Å². The van der Waals surface area contributed by atoms with E-state index < -0.39 is 0 Å². The molecule has 0 radical (unpaired) electrons. The summed E-state index contributed by atoms with van der Waals surface area (Å²) in [6.07, 6.45) is 4.28. The fraction of sp³-hybridized carbons (Fsp3) is 1.00. The molecule has 1 nitrogen and oxygen atoms in total. The zero-order chi connectivity index (χ0) is 8.69. The first-order chi connectivity index (χ1) is 5.30. The van der Waals surface area contributed by atoms with E-state index in [1.807, 2.05) is 13.8 Å². The smallest absolute Gasteiger partial charge is 0.00385 e. The summed E-state index contributed by atoms with van der Waals surface area (Å²) in [5.74, 6) is 0. The molecule has 1 rings (SSSR count). The molecule has 0 spiro atoms. The van der Waals surface area contributed by atoms with E-state index in [-0.39, 0.29) is 0 Å². The van der Waals surface area contributed by atoms with E-state index in [1.54, 1.807) is 0 Å². The van der Waals surface area contributed by atoms with Crippen LogP contribution >= 0.6 is 0 Å². The molecule has 0 amide bonds. The van der Waals surface area contributed by atoms with Gasteiger partial charge in [0.05, 0.1) is 0 Å². The van der Waals surface area contributed by atoms with Gasteiger partial charge >= 0.3 is 0 Å². The van der Waals surface area contributed by atoms with E-state index in [2.05, 4.69) is 18.7 Å². The average Bonchev–Trinajstić information content (AvgIpc) is 2.10. The summed E-state index contributed by atoms with van der Waals surface area (Å²) in [7, 11) is 0. The standard InChI is InChI=1S/C8H17N.C2H6/c1-8(2)9-6-4-3-5-7-9;1-2/h8H,3-7H2,1-2H3;1-2H3. The first-order valence-corrected chi connectivity index (χ1v) is 5.05. The summed E-state index contributed by atoms with van der Waals surface area (Å²) in [6, 6.07) is 0.769. The fourth-order valence-electron chi connectivity index (χ4n) is 1.43. The van der Waals surface area contributed by atoms with Crippen LogP contribution in [0.3, 0.4) is 0 Å². The Morgan fingerprint density at radius 2 is 1.36 bits per heavy atom. The van der Waals surface area contributed by atoms with Crippen molar-refractivity contribution in [2.45, 2.75) is 53.0 Å². The van der Waals surface area contributed by atoms with E-state index in [4.69, 9.17) is 0 Å². The van der Waals surface area contributed by atoms with Crippen LogP contribution in [0, 0.1) is 0 Å². The van der Waals surface area contributed by atoms with Gasteiger partial charge in [-0.3, -0.25) is 0 Å². The minimum Gasteiger partial charge on any atom is -0.301 e. The lowest BCUT2D eigenvalue weighted by Gasteiger charge is -2.29. The molecule has 1 aliphatic rings. The highest BCUT2D eigenvalue weighted by atomic mass is 15.1. The van der Waals surface area contributed by atoms with Crippen molar-refractivity contribution in [1.29, 1.82) is 0 Å². The van der Waals surface area contributed by atoms with Gasteiger partial charge in [-0.25, -0.2) is 0 Å². The van der Waals surface area contributed by atoms with Crippen LogP contribution in [0.5, 0.6) is 0 Å². The summed E-state index contributed by atoms with van der Waals surface area (Å²) in [6.45, 7) is 11.2. The van der Waals surface area contributed by atoms with Crippen molar-refractivity contribution in [2.24, 2.45) is 0 Å². The fourth-order valence-corrected chi connectivity index (χ4v) is 1.43. The number of likely N-dealkylation sites (tertiary alicyclic amines) is 1. The summed E-state index contributed by atoms with van der Waals surface area (Å²) >= 11 is 0. The number of hydrogen-bond acceptors (Lipinski definition) is 1. The van der Waals surface area contributed by atoms with Crippen molar-refractivity contribution in [3.05, 3.63) is 0 Å². The molecule has 1 heteroatoms. The van der Waals surface area contributed by atoms with E-state index in [0.29, 0.717) is 0 Å². The van der Waals surface area contributed by atoms with Crippen molar-refractivity contribution in [3.63, 3.8) is 0 Å². The topological polar surface area (TPSA) is 3.24 Å². The van der Waals surface area contributed by atoms with E-state index in [0.717, 1.165) is 6.04 Å². The Kier molecular flexibility index (Phi) is 6.63. The van der Waals surface area contributed by atoms with Crippen LogP contribution in [-0.4, -0.2) is 24.0 Å². The highest BCUT2D eigenvalue weighted by molar-refractivity contribution is 4.67. The van der Waals surface area contributed by atoms with Gasteiger partial charge in [-0.15, -0.1) is 0 Å². The second kappa shape index (κ2) is 6.66. The third kappa shape index (κ3) is 4.41. The van der Waals surface area contributed by atoms with Gasteiger partial charge in [-0.05, 0) is 39.8 Å². The van der Waals surface area contributed by atoms with E-state index in [1.165, 1.54) is 32.4 Å². The van der Waals surface area contributed by atoms with Gasteiger partial charge in [0.15, 0.2) is 0 Å². The monoisotopic (exact) mass is 157 g/mol. The van der Waals surface area contributed by atoms with Crippen molar-refractivity contribution in [2.75, 3.05) is 13.1 Å². The van der Waals surface area contributed by atoms with Crippen LogP contribution in [0.25, 0.3) is 0 Å². The zero-order valence-corrected chi connectivity index (χ0v) is 8.56. The lowest BCUT2D eigenvalue weighted by molar-refractivity contribution is 0.185. The molecular formula is C10H23N. The first kappa shape index (κ1) is 11.0. The van der Waals surface area contributed by atoms with Crippen LogP contribution in [0.4, 0.5) is 0 Å². The van der Waals surface area contributed by atoms with Gasteiger partial charge in [0.25, 0.3) is 0 Å². The van der Waals surface area contributed by atoms with Crippen LogP contribution in [0.2, 0.25) is 0 Å². The minimum absolute atomic E-state index is 0.769. The van der Waals surface area contributed by atoms with Crippen molar-refractivity contribution in [3.8, 4) is 0 Å². The maximum Gasteiger partial charge on any atom is 0.00385 e. The van der Waals surface area contributed by atoms with Gasteiger partial charge in [0.1, 0.15) is 0 Å². The molecule has 11 heavy (non-hydrogen) atoms. The van der Waals surface area contributed by atoms with Gasteiger partial charge in [-0.2, -0.15) is 0 Å². The molecule has 0 N–H and O–H groups in total. The molecule has 1 aliphatic heterocycles. The SMILES string of the molecule is CC.CC(C)N1CCCCC1. The zero-order valence-electron chi connectivity index (χ0n) is 8.56. The molecule has 0 atom stereocenters. The molecule has 68 valence electrons. The second-order valence-electron chi connectivity index (χ2n) is 3.19. The van der Waals surface area contributed by atoms with Gasteiger partial charge < -0.3 is 4.90 Å². The normalized spacial score (nSPS) is 19.4. The van der Waals surface area contributed by atoms with Gasteiger partial charge in [0, 0.05) is 6.04 Å². The maximum atomic E-state index is 2.56. The molecule has 1 fully saturated rings. The lowest BCUT2D eigenvalue weighted by atomic mass is 10.1. The first-order valence-electron chi connectivity index (χ1n) is 5.05. The Bertz CT molecular complexity index is 72.9. The summed E-state index contributed by atoms with van der Waals surface area (Å²) < 4.78 is 0. The number of hydrogen-bond donors (Lipinski definition) is 0. The molecule has 1 heterocycles. The number of rotatable bonds is 1. The van der Waals surface area contributed by atoms with Crippen LogP contribution in [0.15, 0.2) is 0 Å². The summed E-state index contributed by atoms with van der Waals surface area (Å²) in [4.78, 5) is 2.56. The molecule has 1 saturated heterocycles. The van der Waals surface area contributed by atoms with Crippen LogP contribution < -0.4 is 0 Å². The maximum absolute atomic E-state index is 2.56. The predicted octanol–water partition coefficient (Wildman–Crippen LogP) is 2.91. The highest BCUT2D eigenvalue weighted by Crippen LogP contribution is 2.10. The quantitative estimate of drug-likeness (QED) is 0.565. The molecule has 0 aromatic heterocycles. The summed E-state index contributed by atoms with van der Waals surface area (Å²) in [5.41, 5.74) is 0. The average molecular weight is 157 g/mol. The predicted molar refractivity (Wildman–Crippen MR) is 51.9 cm³/mol. The highest BCUT2D eigenvalue weighted by Gasteiger charge is 2.11. The Hall–Kier alpha value is -0.0400. The number of piperidine rings is 1. The molecule has 0 bridgehead atoms. The van der Waals surface area contributed by atoms with Crippen molar-refractivity contribution in [1.82, 2.24) is 4.90 Å². The third-order valence-electron chi connectivity index (χ3n) is 2.12. The molecule has 0 aromatic carbocycles. The second-order valence-corrected chi connectivity index (χ2v) is 3.19. The molecular weight excluding hydrogens is 134 g/mol. The van der Waals surface area contributed by atoms with Gasteiger partial charge in [-0.1, -0.05) is 20.3 Å². The van der Waals surface area contributed by atoms with Crippen molar-refractivity contribution < 1.29 is 0 Å². The Morgan fingerprint density at radius 3 is 1.64 bits per heavy atom. The Labute approximate surface area is 71.8 Å². The molecule has 0 aromatic rings. The Balaban J connectivity index is 0.000000461. The number of nitrogens with zero attached hydrogens (tertiary/aromatic N) is 1. The van der Waals surface area contributed by atoms with Gasteiger partial charge in [0.2, 0.25) is 0 Å². The van der Waals surface area contributed by atoms with Crippen LogP contribution in [0.1, 0.15) is 47.0 Å². The molecule has 0 aliphatic carbocycles. The lowest BCUT2D eigenvalue weighted by Crippen LogP contribution is -2.35. The molecule has 0 unspecified atom stereocenters. The molecule has 0 saturated carbocycles. The van der Waals surface area contributed by atoms with Crippen LogP contribution in [-0.2, 0) is 0 Å². The van der Waals surface area contributed by atoms with Crippen molar-refractivity contribution >= 4 is 0 Å². The summed E-state index contributed by atoms with van der Waals surface area (Å²) in [5, 5.41) is 0. The largest absolute Gasteiger partial charge is 0.301 e. The third-order valence-corrected chi connectivity index (χ3v) is 2.12.